The molecule has 1 saturated heterocycles. The Hall–Kier alpha value is -2.39. The number of rotatable bonds is 2. The van der Waals surface area contributed by atoms with Gasteiger partial charge >= 0.3 is 0 Å². The second-order valence-electron chi connectivity index (χ2n) is 5.56. The summed E-state index contributed by atoms with van der Waals surface area (Å²) in [6, 6.07) is 7.51. The molecule has 1 aliphatic heterocycles. The van der Waals surface area contributed by atoms with Gasteiger partial charge in [0.2, 0.25) is 0 Å². The average Bonchev–Trinajstić information content (AvgIpc) is 2.57. The molecule has 22 heavy (non-hydrogen) atoms. The third-order valence-electron chi connectivity index (χ3n) is 4.31. The number of anilines is 1. The van der Waals surface area contributed by atoms with Crippen LogP contribution in [-0.2, 0) is 7.05 Å². The van der Waals surface area contributed by atoms with Crippen LogP contribution in [0.5, 0.6) is 0 Å². The van der Waals surface area contributed by atoms with Crippen molar-refractivity contribution in [3.8, 4) is 6.07 Å². The van der Waals surface area contributed by atoms with Crippen LogP contribution in [0.15, 0.2) is 23.0 Å². The summed E-state index contributed by atoms with van der Waals surface area (Å²) in [5.41, 5.74) is 2.64. The van der Waals surface area contributed by atoms with E-state index in [1.807, 2.05) is 0 Å². The molecule has 0 saturated carbocycles. The highest BCUT2D eigenvalue weighted by Crippen LogP contribution is 2.26. The summed E-state index contributed by atoms with van der Waals surface area (Å²) in [5, 5.41) is 12.5. The first-order chi connectivity index (χ1) is 10.7. The normalized spacial score (nSPS) is 18.4. The molecule has 0 amide bonds. The zero-order valence-corrected chi connectivity index (χ0v) is 12.8. The van der Waals surface area contributed by atoms with Gasteiger partial charge in [-0.25, -0.2) is 4.98 Å². The second-order valence-corrected chi connectivity index (χ2v) is 5.56. The molecule has 1 fully saturated rings. The molecule has 0 bridgehead atoms. The van der Waals surface area contributed by atoms with E-state index in [1.54, 1.807) is 29.8 Å². The third-order valence-corrected chi connectivity index (χ3v) is 4.31. The maximum Gasteiger partial charge on any atom is 0.252 e. The topological polar surface area (TPSA) is 74.0 Å². The Morgan fingerprint density at radius 3 is 3.05 bits per heavy atom. The van der Waals surface area contributed by atoms with Crippen LogP contribution in [0.2, 0.25) is 0 Å². The van der Waals surface area contributed by atoms with E-state index < -0.39 is 0 Å². The van der Waals surface area contributed by atoms with E-state index in [1.165, 1.54) is 0 Å². The van der Waals surface area contributed by atoms with E-state index in [9.17, 15) is 4.79 Å². The fraction of sp³-hybridized carbons (Fsp3) is 0.438. The van der Waals surface area contributed by atoms with Crippen LogP contribution < -0.4 is 15.8 Å². The monoisotopic (exact) mass is 297 g/mol. The maximum atomic E-state index is 12.3. The number of nitrogens with zero attached hydrogens (tertiary/aromatic N) is 4. The van der Waals surface area contributed by atoms with E-state index in [0.29, 0.717) is 11.7 Å². The smallest absolute Gasteiger partial charge is 0.252 e. The number of hydrogen-bond acceptors (Lipinski definition) is 5. The quantitative estimate of drug-likeness (QED) is 0.895. The second kappa shape index (κ2) is 5.78. The van der Waals surface area contributed by atoms with E-state index in [2.05, 4.69) is 28.2 Å². The first kappa shape index (κ1) is 14.5. The standard InChI is InChI=1S/C16H19N5O/c1-3-12-10-18-6-7-21(12)14-8-15(22)20(2)13-5-4-11(9-17)19-16(13)14/h4-5,8,12,18H,3,6-7,10H2,1-2H3/t12-/m1/s1. The molecule has 3 heterocycles. The molecule has 0 aliphatic carbocycles. The van der Waals surface area contributed by atoms with Gasteiger partial charge < -0.3 is 14.8 Å². The molecule has 0 aromatic carbocycles. The zero-order chi connectivity index (χ0) is 15.7. The molecular formula is C16H19N5O. The molecule has 1 N–H and O–H groups in total. The number of fused-ring (bicyclic) bond motifs is 1. The van der Waals surface area contributed by atoms with Crippen LogP contribution in [0.1, 0.15) is 19.0 Å². The predicted octanol–water partition coefficient (Wildman–Crippen LogP) is 0.993. The number of nitrogens with one attached hydrogen (secondary N) is 1. The van der Waals surface area contributed by atoms with Gasteiger partial charge in [-0.2, -0.15) is 5.26 Å². The highest BCUT2D eigenvalue weighted by atomic mass is 16.1. The summed E-state index contributed by atoms with van der Waals surface area (Å²) in [6.45, 7) is 4.75. The first-order valence-corrected chi connectivity index (χ1v) is 7.54. The van der Waals surface area contributed by atoms with Gasteiger partial charge in [0, 0.05) is 38.8 Å². The SMILES string of the molecule is CC[C@@H]1CNCCN1c1cc(=O)n(C)c2ccc(C#N)nc12. The molecule has 6 nitrogen and oxygen atoms in total. The molecule has 3 rings (SSSR count). The Morgan fingerprint density at radius 1 is 1.50 bits per heavy atom. The van der Waals surface area contributed by atoms with Gasteiger partial charge in [0.15, 0.2) is 0 Å². The zero-order valence-electron chi connectivity index (χ0n) is 12.8. The Balaban J connectivity index is 2.25. The number of piperazine rings is 1. The maximum absolute atomic E-state index is 12.3. The van der Waals surface area contributed by atoms with E-state index in [4.69, 9.17) is 5.26 Å². The molecule has 2 aromatic rings. The van der Waals surface area contributed by atoms with Gasteiger partial charge in [0.05, 0.1) is 11.2 Å². The van der Waals surface area contributed by atoms with Crippen molar-refractivity contribution in [3.05, 3.63) is 34.2 Å². The third kappa shape index (κ3) is 2.34. The molecule has 0 unspecified atom stereocenters. The van der Waals surface area contributed by atoms with Crippen LogP contribution in [0.4, 0.5) is 5.69 Å². The van der Waals surface area contributed by atoms with E-state index in [-0.39, 0.29) is 5.56 Å². The van der Waals surface area contributed by atoms with E-state index >= 15 is 0 Å². The lowest BCUT2D eigenvalue weighted by atomic mass is 10.1. The number of aryl methyl sites for hydroxylation is 1. The van der Waals surface area contributed by atoms with Gasteiger partial charge in [-0.15, -0.1) is 0 Å². The molecule has 1 atom stereocenters. The van der Waals surface area contributed by atoms with Gasteiger partial charge in [-0.3, -0.25) is 4.79 Å². The predicted molar refractivity (Wildman–Crippen MR) is 86.0 cm³/mol. The largest absolute Gasteiger partial charge is 0.364 e. The minimum Gasteiger partial charge on any atom is -0.364 e. The van der Waals surface area contributed by atoms with Crippen molar-refractivity contribution in [1.29, 1.82) is 5.26 Å². The summed E-state index contributed by atoms with van der Waals surface area (Å²) >= 11 is 0. The molecular weight excluding hydrogens is 278 g/mol. The van der Waals surface area contributed by atoms with Crippen molar-refractivity contribution in [1.82, 2.24) is 14.9 Å². The van der Waals surface area contributed by atoms with Crippen molar-refractivity contribution >= 4 is 16.7 Å². The number of nitriles is 1. The highest BCUT2D eigenvalue weighted by Gasteiger charge is 2.24. The lowest BCUT2D eigenvalue weighted by molar-refractivity contribution is 0.467. The van der Waals surface area contributed by atoms with Gasteiger partial charge in [0.1, 0.15) is 17.3 Å². The number of pyridine rings is 2. The van der Waals surface area contributed by atoms with Crippen LogP contribution in [-0.4, -0.2) is 35.2 Å². The Kier molecular flexibility index (Phi) is 3.82. The van der Waals surface area contributed by atoms with Crippen LogP contribution >= 0.6 is 0 Å². The van der Waals surface area contributed by atoms with Crippen molar-refractivity contribution < 1.29 is 0 Å². The highest BCUT2D eigenvalue weighted by molar-refractivity contribution is 5.88. The van der Waals surface area contributed by atoms with Crippen molar-refractivity contribution in [2.24, 2.45) is 7.05 Å². The molecule has 0 spiro atoms. The lowest BCUT2D eigenvalue weighted by Gasteiger charge is -2.37. The van der Waals surface area contributed by atoms with Gasteiger partial charge in [-0.1, -0.05) is 6.92 Å². The minimum absolute atomic E-state index is 0.0533. The summed E-state index contributed by atoms with van der Waals surface area (Å²) in [4.78, 5) is 19.0. The van der Waals surface area contributed by atoms with Crippen LogP contribution in [0, 0.1) is 11.3 Å². The van der Waals surface area contributed by atoms with E-state index in [0.717, 1.165) is 42.8 Å². The van der Waals surface area contributed by atoms with Crippen molar-refractivity contribution in [2.45, 2.75) is 19.4 Å². The molecule has 6 heteroatoms. The van der Waals surface area contributed by atoms with Crippen molar-refractivity contribution in [2.75, 3.05) is 24.5 Å². The number of aromatic nitrogens is 2. The Bertz CT molecular complexity index is 805. The van der Waals surface area contributed by atoms with Gasteiger partial charge in [-0.05, 0) is 18.6 Å². The fourth-order valence-electron chi connectivity index (χ4n) is 3.04. The molecule has 114 valence electrons. The molecule has 1 aliphatic rings. The molecule has 2 aromatic heterocycles. The Labute approximate surface area is 129 Å². The van der Waals surface area contributed by atoms with Crippen LogP contribution in [0.25, 0.3) is 11.0 Å². The van der Waals surface area contributed by atoms with Crippen LogP contribution in [0.3, 0.4) is 0 Å². The minimum atomic E-state index is -0.0533. The molecule has 0 radical (unpaired) electrons. The van der Waals surface area contributed by atoms with Gasteiger partial charge in [0.25, 0.3) is 5.56 Å². The number of hydrogen-bond donors (Lipinski definition) is 1. The summed E-state index contributed by atoms with van der Waals surface area (Å²) in [7, 11) is 1.73. The summed E-state index contributed by atoms with van der Waals surface area (Å²) in [6.07, 6.45) is 0.988. The first-order valence-electron chi connectivity index (χ1n) is 7.54. The Morgan fingerprint density at radius 2 is 2.32 bits per heavy atom. The lowest BCUT2D eigenvalue weighted by Crippen LogP contribution is -2.51. The van der Waals surface area contributed by atoms with Crippen molar-refractivity contribution in [3.63, 3.8) is 0 Å². The fourth-order valence-corrected chi connectivity index (χ4v) is 3.04. The summed E-state index contributed by atoms with van der Waals surface area (Å²) < 4.78 is 1.58. The average molecular weight is 297 g/mol. The summed E-state index contributed by atoms with van der Waals surface area (Å²) in [5.74, 6) is 0.